The van der Waals surface area contributed by atoms with Crippen molar-refractivity contribution in [1.29, 1.82) is 0 Å². The van der Waals surface area contributed by atoms with E-state index in [1.54, 1.807) is 30.5 Å². The normalized spacial score (nSPS) is 16.3. The summed E-state index contributed by atoms with van der Waals surface area (Å²) < 4.78 is 12.9. The topological polar surface area (TPSA) is 102 Å². The first-order valence-electron chi connectivity index (χ1n) is 12.0. The van der Waals surface area contributed by atoms with Crippen molar-refractivity contribution in [2.75, 3.05) is 31.8 Å². The highest BCUT2D eigenvalue weighted by Gasteiger charge is 2.29. The molecule has 0 aliphatic carbocycles. The number of hydrogen-bond acceptors (Lipinski definition) is 6. The van der Waals surface area contributed by atoms with Crippen molar-refractivity contribution in [3.8, 4) is 0 Å². The van der Waals surface area contributed by atoms with Crippen LogP contribution in [0, 0.1) is 6.92 Å². The van der Waals surface area contributed by atoms with Crippen molar-refractivity contribution in [2.45, 2.75) is 38.7 Å². The van der Waals surface area contributed by atoms with Crippen LogP contribution in [0.5, 0.6) is 0 Å². The number of aryl methyl sites for hydroxylation is 1. The molecule has 9 nitrogen and oxygen atoms in total. The Morgan fingerprint density at radius 3 is 2.80 bits per heavy atom. The summed E-state index contributed by atoms with van der Waals surface area (Å²) in [6.45, 7) is 4.19. The summed E-state index contributed by atoms with van der Waals surface area (Å²) in [5.41, 5.74) is 5.06. The lowest BCUT2D eigenvalue weighted by Crippen LogP contribution is -2.30. The molecule has 1 saturated heterocycles. The van der Waals surface area contributed by atoms with E-state index in [2.05, 4.69) is 21.0 Å². The Kier molecular flexibility index (Phi) is 5.38. The van der Waals surface area contributed by atoms with E-state index >= 15 is 0 Å². The molecule has 9 heteroatoms. The molecule has 0 bridgehead atoms. The first kappa shape index (κ1) is 21.9. The van der Waals surface area contributed by atoms with E-state index in [0.29, 0.717) is 42.2 Å². The molecule has 4 aromatic rings. The van der Waals surface area contributed by atoms with Crippen molar-refractivity contribution in [3.63, 3.8) is 0 Å². The Labute approximate surface area is 201 Å². The Hall–Kier alpha value is -3.56. The van der Waals surface area contributed by atoms with E-state index < -0.39 is 0 Å². The number of hydrogen-bond donors (Lipinski definition) is 1. The number of aromatic amines is 1. The van der Waals surface area contributed by atoms with Crippen LogP contribution < -0.4 is 10.5 Å². The highest BCUT2D eigenvalue weighted by molar-refractivity contribution is 6.09. The minimum absolute atomic E-state index is 0.148. The molecule has 0 spiro atoms. The highest BCUT2D eigenvalue weighted by atomic mass is 16.5. The zero-order chi connectivity index (χ0) is 24.1. The van der Waals surface area contributed by atoms with Gasteiger partial charge < -0.3 is 14.5 Å². The molecule has 180 valence electrons. The fourth-order valence-electron chi connectivity index (χ4n) is 5.33. The zero-order valence-electron chi connectivity index (χ0n) is 19.8. The van der Waals surface area contributed by atoms with Crippen molar-refractivity contribution in [1.82, 2.24) is 19.4 Å². The number of pyridine rings is 1. The van der Waals surface area contributed by atoms with Crippen LogP contribution in [0.15, 0.2) is 35.4 Å². The van der Waals surface area contributed by atoms with E-state index in [1.165, 1.54) is 0 Å². The Bertz CT molecular complexity index is 1520. The summed E-state index contributed by atoms with van der Waals surface area (Å²) in [6, 6.07) is 5.79. The molecule has 1 aromatic carbocycles. The maximum absolute atomic E-state index is 13.8. The Morgan fingerprint density at radius 1 is 1.17 bits per heavy atom. The van der Waals surface area contributed by atoms with Gasteiger partial charge in [0.05, 0.1) is 23.8 Å². The Balaban J connectivity index is 1.51. The number of anilines is 1. The van der Waals surface area contributed by atoms with Gasteiger partial charge in [0, 0.05) is 44.5 Å². The number of ether oxygens (including phenoxy) is 2. The van der Waals surface area contributed by atoms with E-state index in [4.69, 9.17) is 9.47 Å². The molecule has 0 radical (unpaired) electrons. The second-order valence-electron chi connectivity index (χ2n) is 9.34. The van der Waals surface area contributed by atoms with Gasteiger partial charge in [0.15, 0.2) is 0 Å². The summed E-state index contributed by atoms with van der Waals surface area (Å²) in [5, 5.41) is 0. The number of nitrogens with zero attached hydrogens (tertiary/aromatic N) is 4. The second-order valence-corrected chi connectivity index (χ2v) is 9.34. The van der Waals surface area contributed by atoms with Gasteiger partial charge in [0.1, 0.15) is 17.2 Å². The SMILES string of the molecule is COCc1cc2c(cc1C(=O)N1CCc3cc(C)cnc31)[nH]c(=O)c1cnc(C3CCOCC3)n12. The molecular formula is C26H27N5O4. The molecule has 5 heterocycles. The summed E-state index contributed by atoms with van der Waals surface area (Å²) in [4.78, 5) is 40.6. The van der Waals surface area contributed by atoms with Crippen LogP contribution in [0.2, 0.25) is 0 Å². The third-order valence-electron chi connectivity index (χ3n) is 7.03. The Morgan fingerprint density at radius 2 is 2.00 bits per heavy atom. The number of nitrogens with one attached hydrogen (secondary N) is 1. The quantitative estimate of drug-likeness (QED) is 0.489. The predicted molar refractivity (Wildman–Crippen MR) is 131 cm³/mol. The molecular weight excluding hydrogens is 446 g/mol. The number of H-pyrrole nitrogens is 1. The van der Waals surface area contributed by atoms with Crippen molar-refractivity contribution in [3.05, 3.63) is 69.0 Å². The van der Waals surface area contributed by atoms with Crippen LogP contribution in [-0.2, 0) is 22.5 Å². The van der Waals surface area contributed by atoms with Gasteiger partial charge in [0.25, 0.3) is 11.5 Å². The minimum Gasteiger partial charge on any atom is -0.381 e. The minimum atomic E-state index is -0.232. The van der Waals surface area contributed by atoms with Gasteiger partial charge in [-0.15, -0.1) is 0 Å². The average Bonchev–Trinajstić information content (AvgIpc) is 3.49. The van der Waals surface area contributed by atoms with Gasteiger partial charge in [-0.25, -0.2) is 9.97 Å². The molecule has 0 atom stereocenters. The molecule has 1 fully saturated rings. The number of fused-ring (bicyclic) bond motifs is 4. The standard InChI is InChI=1S/C26H27N5O4/c1-15-9-17-3-6-30(23(17)27-12-15)26(33)19-11-20-21(10-18(19)14-34-2)31-22(25(32)29-20)13-28-24(31)16-4-7-35-8-5-16/h9-13,16H,3-8,14H2,1-2H3,(H,29,32). The summed E-state index contributed by atoms with van der Waals surface area (Å²) in [7, 11) is 1.61. The maximum Gasteiger partial charge on any atom is 0.274 e. The average molecular weight is 474 g/mol. The maximum atomic E-state index is 13.8. The molecule has 0 unspecified atom stereocenters. The number of carbonyl (C=O) groups excluding carboxylic acids is 1. The zero-order valence-corrected chi connectivity index (χ0v) is 19.8. The molecule has 35 heavy (non-hydrogen) atoms. The van der Waals surface area contributed by atoms with Gasteiger partial charge in [-0.1, -0.05) is 6.07 Å². The molecule has 0 saturated carbocycles. The van der Waals surface area contributed by atoms with Crippen LogP contribution >= 0.6 is 0 Å². The number of carbonyl (C=O) groups is 1. The lowest BCUT2D eigenvalue weighted by atomic mass is 9.99. The van der Waals surface area contributed by atoms with Crippen LogP contribution in [0.3, 0.4) is 0 Å². The summed E-state index contributed by atoms with van der Waals surface area (Å²) >= 11 is 0. The second kappa shape index (κ2) is 8.58. The number of rotatable bonds is 4. The largest absolute Gasteiger partial charge is 0.381 e. The first-order chi connectivity index (χ1) is 17.0. The lowest BCUT2D eigenvalue weighted by Gasteiger charge is -2.22. The molecule has 6 rings (SSSR count). The molecule has 2 aliphatic heterocycles. The van der Waals surface area contributed by atoms with E-state index in [9.17, 15) is 9.59 Å². The van der Waals surface area contributed by atoms with Crippen molar-refractivity contribution < 1.29 is 14.3 Å². The fraction of sp³-hybridized carbons (Fsp3) is 0.385. The molecule has 3 aromatic heterocycles. The number of amides is 1. The molecule has 1 amide bonds. The van der Waals surface area contributed by atoms with E-state index in [0.717, 1.165) is 47.3 Å². The summed E-state index contributed by atoms with van der Waals surface area (Å²) in [5.74, 6) is 1.61. The number of aromatic nitrogens is 4. The van der Waals surface area contributed by atoms with Crippen molar-refractivity contribution >= 4 is 28.3 Å². The van der Waals surface area contributed by atoms with E-state index in [-0.39, 0.29) is 24.0 Å². The summed E-state index contributed by atoms with van der Waals surface area (Å²) in [6.07, 6.45) is 5.90. The van der Waals surface area contributed by atoms with Crippen LogP contribution in [-0.4, -0.2) is 52.1 Å². The van der Waals surface area contributed by atoms with Crippen LogP contribution in [0.1, 0.15) is 51.6 Å². The van der Waals surface area contributed by atoms with Gasteiger partial charge >= 0.3 is 0 Å². The monoisotopic (exact) mass is 473 g/mol. The van der Waals surface area contributed by atoms with Gasteiger partial charge in [-0.2, -0.15) is 0 Å². The van der Waals surface area contributed by atoms with Crippen molar-refractivity contribution in [2.24, 2.45) is 0 Å². The van der Waals surface area contributed by atoms with Gasteiger partial charge in [-0.3, -0.25) is 18.9 Å². The van der Waals surface area contributed by atoms with E-state index in [1.807, 2.05) is 17.4 Å². The van der Waals surface area contributed by atoms with Crippen LogP contribution in [0.25, 0.3) is 16.6 Å². The van der Waals surface area contributed by atoms with Gasteiger partial charge in [-0.05, 0) is 55.0 Å². The number of methoxy groups -OCH3 is 1. The number of benzene rings is 1. The number of imidazole rings is 1. The fourth-order valence-corrected chi connectivity index (χ4v) is 5.33. The third-order valence-corrected chi connectivity index (χ3v) is 7.03. The smallest absolute Gasteiger partial charge is 0.274 e. The molecule has 2 aliphatic rings. The predicted octanol–water partition coefficient (Wildman–Crippen LogP) is 3.12. The molecule has 1 N–H and O–H groups in total. The highest BCUT2D eigenvalue weighted by Crippen LogP contribution is 2.31. The van der Waals surface area contributed by atoms with Crippen LogP contribution in [0.4, 0.5) is 5.82 Å². The third kappa shape index (κ3) is 3.62. The lowest BCUT2D eigenvalue weighted by molar-refractivity contribution is 0.0835. The first-order valence-corrected chi connectivity index (χ1v) is 12.0. The van der Waals surface area contributed by atoms with Gasteiger partial charge in [0.2, 0.25) is 0 Å².